The number of hydrogen-bond acceptors (Lipinski definition) is 3. The third kappa shape index (κ3) is 5.52. The lowest BCUT2D eigenvalue weighted by Crippen LogP contribution is -2.40. The van der Waals surface area contributed by atoms with Crippen molar-refractivity contribution >= 4 is 0 Å². The Morgan fingerprint density at radius 1 is 1.00 bits per heavy atom. The summed E-state index contributed by atoms with van der Waals surface area (Å²) in [5.74, 6) is 0. The molecule has 3 nitrogen and oxygen atoms in total. The van der Waals surface area contributed by atoms with Gasteiger partial charge in [-0.1, -0.05) is 19.8 Å². The van der Waals surface area contributed by atoms with Crippen molar-refractivity contribution in [2.75, 3.05) is 6.54 Å². The Morgan fingerprint density at radius 2 is 1.67 bits per heavy atom. The Kier molecular flexibility index (Phi) is 7.45. The molecule has 0 aliphatic rings. The van der Waals surface area contributed by atoms with Gasteiger partial charge in [-0.25, -0.2) is 0 Å². The fourth-order valence-electron chi connectivity index (χ4n) is 1.22. The van der Waals surface area contributed by atoms with E-state index in [2.05, 4.69) is 6.92 Å². The van der Waals surface area contributed by atoms with Crippen molar-refractivity contribution in [1.82, 2.24) is 0 Å². The molecule has 2 unspecified atom stereocenters. The molecule has 0 rings (SSSR count). The molecule has 74 valence electrons. The largest absolute Gasteiger partial charge is 0.330 e. The third-order valence-electron chi connectivity index (χ3n) is 2.26. The van der Waals surface area contributed by atoms with Crippen molar-refractivity contribution in [2.45, 2.75) is 51.1 Å². The zero-order valence-electron chi connectivity index (χ0n) is 8.13. The summed E-state index contributed by atoms with van der Waals surface area (Å²) >= 11 is 0. The van der Waals surface area contributed by atoms with Gasteiger partial charge < -0.3 is 17.2 Å². The molecule has 0 aromatic carbocycles. The predicted octanol–water partition coefficient (Wildman–Crippen LogP) is 0.570. The standard InChI is InChI=1S/C9H23N3/c1-2-8(11)9(12)6-4-3-5-7-10/h8-9H,2-7,10-12H2,1H3. The average molecular weight is 173 g/mol. The molecule has 3 heteroatoms. The van der Waals surface area contributed by atoms with Gasteiger partial charge in [0.05, 0.1) is 0 Å². The van der Waals surface area contributed by atoms with E-state index < -0.39 is 0 Å². The molecule has 0 bridgehead atoms. The van der Waals surface area contributed by atoms with Crippen LogP contribution in [0.5, 0.6) is 0 Å². The number of rotatable bonds is 7. The molecule has 0 heterocycles. The van der Waals surface area contributed by atoms with Crippen LogP contribution >= 0.6 is 0 Å². The van der Waals surface area contributed by atoms with E-state index in [0.29, 0.717) is 0 Å². The molecule has 2 atom stereocenters. The van der Waals surface area contributed by atoms with Gasteiger partial charge in [0.2, 0.25) is 0 Å². The highest BCUT2D eigenvalue weighted by atomic mass is 14.8. The Bertz CT molecular complexity index is 95.8. The normalized spacial score (nSPS) is 16.0. The summed E-state index contributed by atoms with van der Waals surface area (Å²) in [5, 5.41) is 0. The Labute approximate surface area is 75.7 Å². The van der Waals surface area contributed by atoms with Crippen LogP contribution in [-0.2, 0) is 0 Å². The first kappa shape index (κ1) is 11.9. The molecule has 0 aliphatic carbocycles. The maximum absolute atomic E-state index is 5.85. The van der Waals surface area contributed by atoms with Crippen LogP contribution in [0.15, 0.2) is 0 Å². The average Bonchev–Trinajstić information content (AvgIpc) is 2.10. The minimum atomic E-state index is 0.169. The molecule has 12 heavy (non-hydrogen) atoms. The van der Waals surface area contributed by atoms with E-state index in [1.54, 1.807) is 0 Å². The van der Waals surface area contributed by atoms with Crippen molar-refractivity contribution < 1.29 is 0 Å². The number of unbranched alkanes of at least 4 members (excludes halogenated alkanes) is 2. The summed E-state index contributed by atoms with van der Waals surface area (Å²) in [5.41, 5.74) is 17.0. The van der Waals surface area contributed by atoms with E-state index in [1.165, 1.54) is 6.42 Å². The highest BCUT2D eigenvalue weighted by molar-refractivity contribution is 4.73. The maximum atomic E-state index is 5.85. The van der Waals surface area contributed by atoms with Crippen LogP contribution in [0.2, 0.25) is 0 Å². The van der Waals surface area contributed by atoms with Crippen molar-refractivity contribution in [2.24, 2.45) is 17.2 Å². The molecule has 0 amide bonds. The van der Waals surface area contributed by atoms with Gasteiger partial charge in [0.1, 0.15) is 0 Å². The molecule has 0 aromatic heterocycles. The minimum Gasteiger partial charge on any atom is -0.330 e. The monoisotopic (exact) mass is 173 g/mol. The van der Waals surface area contributed by atoms with Crippen molar-refractivity contribution in [3.05, 3.63) is 0 Å². The molecule has 0 spiro atoms. The maximum Gasteiger partial charge on any atom is 0.0192 e. The highest BCUT2D eigenvalue weighted by Gasteiger charge is 2.09. The molecule has 0 aromatic rings. The van der Waals surface area contributed by atoms with Crippen molar-refractivity contribution in [3.8, 4) is 0 Å². The van der Waals surface area contributed by atoms with Crippen LogP contribution in [0.3, 0.4) is 0 Å². The Hall–Kier alpha value is -0.120. The van der Waals surface area contributed by atoms with E-state index in [0.717, 1.165) is 32.2 Å². The lowest BCUT2D eigenvalue weighted by Gasteiger charge is -2.17. The Morgan fingerprint density at radius 3 is 2.17 bits per heavy atom. The SMILES string of the molecule is CCC(N)C(N)CCCCCN. The first-order chi connectivity index (χ1) is 5.72. The predicted molar refractivity (Wildman–Crippen MR) is 53.8 cm³/mol. The summed E-state index contributed by atoms with van der Waals surface area (Å²) in [7, 11) is 0. The van der Waals surface area contributed by atoms with E-state index in [4.69, 9.17) is 17.2 Å². The minimum absolute atomic E-state index is 0.169. The summed E-state index contributed by atoms with van der Waals surface area (Å²) in [4.78, 5) is 0. The van der Waals surface area contributed by atoms with Crippen LogP contribution in [0.1, 0.15) is 39.0 Å². The molecule has 6 N–H and O–H groups in total. The zero-order valence-corrected chi connectivity index (χ0v) is 8.13. The van der Waals surface area contributed by atoms with Gasteiger partial charge in [-0.15, -0.1) is 0 Å². The van der Waals surface area contributed by atoms with Gasteiger partial charge in [-0.05, 0) is 25.8 Å². The summed E-state index contributed by atoms with van der Waals surface area (Å²) < 4.78 is 0. The summed E-state index contributed by atoms with van der Waals surface area (Å²) in [6, 6.07) is 0.343. The lowest BCUT2D eigenvalue weighted by atomic mass is 10.0. The number of hydrogen-bond donors (Lipinski definition) is 3. The second-order valence-corrected chi connectivity index (χ2v) is 3.37. The van der Waals surface area contributed by atoms with E-state index >= 15 is 0 Å². The second-order valence-electron chi connectivity index (χ2n) is 3.37. The van der Waals surface area contributed by atoms with E-state index in [1.807, 2.05) is 0 Å². The van der Waals surface area contributed by atoms with Crippen LogP contribution in [0.4, 0.5) is 0 Å². The molecule has 0 aliphatic heterocycles. The smallest absolute Gasteiger partial charge is 0.0192 e. The van der Waals surface area contributed by atoms with Gasteiger partial charge in [-0.2, -0.15) is 0 Å². The quantitative estimate of drug-likeness (QED) is 0.492. The van der Waals surface area contributed by atoms with Gasteiger partial charge in [0.25, 0.3) is 0 Å². The second kappa shape index (κ2) is 7.53. The molecule has 0 fully saturated rings. The van der Waals surface area contributed by atoms with Gasteiger partial charge >= 0.3 is 0 Å². The fraction of sp³-hybridized carbons (Fsp3) is 1.00. The van der Waals surface area contributed by atoms with E-state index in [9.17, 15) is 0 Å². The molecule has 0 saturated carbocycles. The van der Waals surface area contributed by atoms with Crippen molar-refractivity contribution in [3.63, 3.8) is 0 Å². The van der Waals surface area contributed by atoms with Crippen LogP contribution in [0.25, 0.3) is 0 Å². The van der Waals surface area contributed by atoms with Crippen LogP contribution in [-0.4, -0.2) is 18.6 Å². The van der Waals surface area contributed by atoms with Gasteiger partial charge in [0, 0.05) is 12.1 Å². The molecule has 0 radical (unpaired) electrons. The van der Waals surface area contributed by atoms with E-state index in [-0.39, 0.29) is 12.1 Å². The molecular weight excluding hydrogens is 150 g/mol. The Balaban J connectivity index is 3.24. The van der Waals surface area contributed by atoms with Gasteiger partial charge in [-0.3, -0.25) is 0 Å². The topological polar surface area (TPSA) is 78.1 Å². The molecule has 0 saturated heterocycles. The zero-order chi connectivity index (χ0) is 9.40. The van der Waals surface area contributed by atoms with Crippen molar-refractivity contribution in [1.29, 1.82) is 0 Å². The highest BCUT2D eigenvalue weighted by Crippen LogP contribution is 2.05. The summed E-state index contributed by atoms with van der Waals surface area (Å²) in [6.07, 6.45) is 5.45. The lowest BCUT2D eigenvalue weighted by molar-refractivity contribution is 0.461. The molecular formula is C9H23N3. The fourth-order valence-corrected chi connectivity index (χ4v) is 1.22. The van der Waals surface area contributed by atoms with Gasteiger partial charge in [0.15, 0.2) is 0 Å². The third-order valence-corrected chi connectivity index (χ3v) is 2.26. The van der Waals surface area contributed by atoms with Crippen LogP contribution < -0.4 is 17.2 Å². The summed E-state index contributed by atoms with van der Waals surface area (Å²) in [6.45, 7) is 2.86. The first-order valence-electron chi connectivity index (χ1n) is 4.93. The van der Waals surface area contributed by atoms with Crippen LogP contribution in [0, 0.1) is 0 Å². The number of nitrogens with two attached hydrogens (primary N) is 3. The first-order valence-corrected chi connectivity index (χ1v) is 4.93.